The van der Waals surface area contributed by atoms with Crippen LogP contribution in [-0.4, -0.2) is 45.3 Å². The van der Waals surface area contributed by atoms with Gasteiger partial charge in [-0.2, -0.15) is 4.98 Å². The van der Waals surface area contributed by atoms with Crippen LogP contribution >= 0.6 is 0 Å². The Kier molecular flexibility index (Phi) is 4.88. The molecule has 2 heterocycles. The molecular formula is C18H21F2N5O2. The van der Waals surface area contributed by atoms with Crippen molar-refractivity contribution in [3.63, 3.8) is 0 Å². The van der Waals surface area contributed by atoms with Crippen molar-refractivity contribution in [3.05, 3.63) is 47.7 Å². The first-order valence-electron chi connectivity index (χ1n) is 8.37. The number of carbonyl (C=O) groups excluding carboxylic acids is 1. The number of hydrogen-bond donors (Lipinski definition) is 2. The van der Waals surface area contributed by atoms with Crippen LogP contribution in [0.1, 0.15) is 18.2 Å². The van der Waals surface area contributed by atoms with Crippen molar-refractivity contribution in [2.75, 3.05) is 23.8 Å². The molecule has 0 unspecified atom stereocenters. The van der Waals surface area contributed by atoms with Gasteiger partial charge in [-0.15, -0.1) is 0 Å². The minimum absolute atomic E-state index is 0.0419. The molecule has 7 nitrogen and oxygen atoms in total. The molecule has 9 heteroatoms. The smallest absolute Gasteiger partial charge is 0.330 e. The Bertz CT molecular complexity index is 909. The second-order valence-corrected chi connectivity index (χ2v) is 6.52. The number of aliphatic hydroxyl groups is 1. The lowest BCUT2D eigenvalue weighted by molar-refractivity contribution is 0.208. The average Bonchev–Trinajstić information content (AvgIpc) is 2.95. The molecule has 2 aromatic rings. The number of hydrogen-bond acceptors (Lipinski definition) is 4. The number of carbonyl (C=O) groups is 1. The molecule has 27 heavy (non-hydrogen) atoms. The molecular weight excluding hydrogens is 356 g/mol. The van der Waals surface area contributed by atoms with E-state index in [0.717, 1.165) is 12.1 Å². The number of urea groups is 1. The van der Waals surface area contributed by atoms with Crippen molar-refractivity contribution in [1.82, 2.24) is 14.5 Å². The summed E-state index contributed by atoms with van der Waals surface area (Å²) in [5.41, 5.74) is 1.46. The molecule has 0 fully saturated rings. The lowest BCUT2D eigenvalue weighted by Gasteiger charge is -2.34. The van der Waals surface area contributed by atoms with Gasteiger partial charge in [-0.25, -0.2) is 13.6 Å². The zero-order valence-electron chi connectivity index (χ0n) is 15.3. The SMILES string of the molecule is C=C1c2c(nc(NC[C@H](C)O)n2C)N(C)C(=O)N1Cc1ccc(F)c(F)c1. The van der Waals surface area contributed by atoms with E-state index in [1.54, 1.807) is 25.6 Å². The number of nitrogens with one attached hydrogen (secondary N) is 1. The molecule has 1 aromatic carbocycles. The summed E-state index contributed by atoms with van der Waals surface area (Å²) < 4.78 is 28.4. The number of benzene rings is 1. The maximum atomic E-state index is 13.5. The Hall–Kier alpha value is -2.94. The van der Waals surface area contributed by atoms with Gasteiger partial charge in [0, 0.05) is 20.6 Å². The van der Waals surface area contributed by atoms with Crippen LogP contribution in [0.3, 0.4) is 0 Å². The van der Waals surface area contributed by atoms with Crippen LogP contribution in [0, 0.1) is 11.6 Å². The second kappa shape index (κ2) is 6.99. The van der Waals surface area contributed by atoms with Gasteiger partial charge in [0.15, 0.2) is 17.5 Å². The predicted octanol–water partition coefficient (Wildman–Crippen LogP) is 2.53. The molecule has 1 aromatic heterocycles. The molecule has 0 saturated carbocycles. The number of imidazole rings is 1. The number of rotatable bonds is 5. The lowest BCUT2D eigenvalue weighted by Crippen LogP contribution is -2.44. The van der Waals surface area contributed by atoms with Crippen molar-refractivity contribution in [1.29, 1.82) is 0 Å². The highest BCUT2D eigenvalue weighted by Gasteiger charge is 2.35. The fourth-order valence-electron chi connectivity index (χ4n) is 2.94. The van der Waals surface area contributed by atoms with Gasteiger partial charge < -0.3 is 15.0 Å². The number of fused-ring (bicyclic) bond motifs is 1. The van der Waals surface area contributed by atoms with Crippen molar-refractivity contribution in [3.8, 4) is 0 Å². The average molecular weight is 377 g/mol. The Balaban J connectivity index is 1.93. The molecule has 144 valence electrons. The van der Waals surface area contributed by atoms with E-state index in [1.807, 2.05) is 0 Å². The van der Waals surface area contributed by atoms with Crippen LogP contribution in [0.5, 0.6) is 0 Å². The molecule has 0 aliphatic carbocycles. The van der Waals surface area contributed by atoms with Gasteiger partial charge in [0.1, 0.15) is 5.69 Å². The normalized spacial score (nSPS) is 15.2. The fourth-order valence-corrected chi connectivity index (χ4v) is 2.94. The van der Waals surface area contributed by atoms with Crippen LogP contribution in [-0.2, 0) is 13.6 Å². The Morgan fingerprint density at radius 2 is 2.00 bits per heavy atom. The summed E-state index contributed by atoms with van der Waals surface area (Å²) in [6.07, 6.45) is -0.564. The summed E-state index contributed by atoms with van der Waals surface area (Å²) in [7, 11) is 3.35. The van der Waals surface area contributed by atoms with E-state index in [4.69, 9.17) is 0 Å². The maximum absolute atomic E-state index is 13.5. The molecule has 0 radical (unpaired) electrons. The Labute approximate surface area is 155 Å². The van der Waals surface area contributed by atoms with Crippen LogP contribution in [0.15, 0.2) is 24.8 Å². The van der Waals surface area contributed by atoms with Gasteiger partial charge >= 0.3 is 6.03 Å². The van der Waals surface area contributed by atoms with E-state index < -0.39 is 17.7 Å². The molecule has 2 amide bonds. The Morgan fingerprint density at radius 3 is 2.63 bits per heavy atom. The number of amides is 2. The van der Waals surface area contributed by atoms with Gasteiger partial charge in [0.2, 0.25) is 5.95 Å². The van der Waals surface area contributed by atoms with Gasteiger partial charge in [0.25, 0.3) is 0 Å². The molecule has 1 aliphatic heterocycles. The largest absolute Gasteiger partial charge is 0.392 e. The summed E-state index contributed by atoms with van der Waals surface area (Å²) in [6, 6.07) is 3.13. The molecule has 0 spiro atoms. The van der Waals surface area contributed by atoms with Crippen LogP contribution in [0.25, 0.3) is 5.70 Å². The number of aliphatic hydroxyl groups excluding tert-OH is 1. The number of nitrogens with zero attached hydrogens (tertiary/aromatic N) is 4. The Morgan fingerprint density at radius 1 is 1.30 bits per heavy atom. The summed E-state index contributed by atoms with van der Waals surface area (Å²) in [6.45, 7) is 5.99. The highest BCUT2D eigenvalue weighted by atomic mass is 19.2. The molecule has 3 rings (SSSR count). The summed E-state index contributed by atoms with van der Waals surface area (Å²) >= 11 is 0. The van der Waals surface area contributed by atoms with Gasteiger partial charge in [-0.3, -0.25) is 9.80 Å². The standard InChI is InChI=1S/C18H21F2N5O2/c1-10(26)8-21-17-22-16-15(23(17)3)11(2)25(18(27)24(16)4)9-12-5-6-13(19)14(20)7-12/h5-7,10,26H,2,8-9H2,1,3-4H3,(H,21,22)/t10-/m0/s1. The summed E-state index contributed by atoms with van der Waals surface area (Å²) in [5.74, 6) is -0.998. The van der Waals surface area contributed by atoms with E-state index in [1.165, 1.54) is 15.9 Å². The van der Waals surface area contributed by atoms with Crippen LogP contribution < -0.4 is 10.2 Å². The van der Waals surface area contributed by atoms with Crippen LogP contribution in [0.4, 0.5) is 25.3 Å². The molecule has 0 bridgehead atoms. The molecule has 2 N–H and O–H groups in total. The van der Waals surface area contributed by atoms with Gasteiger partial charge in [0.05, 0.1) is 18.3 Å². The number of anilines is 2. The van der Waals surface area contributed by atoms with Crippen molar-refractivity contribution < 1.29 is 18.7 Å². The summed E-state index contributed by atoms with van der Waals surface area (Å²) in [4.78, 5) is 19.9. The minimum Gasteiger partial charge on any atom is -0.392 e. The van der Waals surface area contributed by atoms with E-state index in [2.05, 4.69) is 16.9 Å². The van der Waals surface area contributed by atoms with E-state index in [-0.39, 0.29) is 12.6 Å². The fraction of sp³-hybridized carbons (Fsp3) is 0.333. The highest BCUT2D eigenvalue weighted by Crippen LogP contribution is 2.36. The third-order valence-corrected chi connectivity index (χ3v) is 4.39. The third-order valence-electron chi connectivity index (χ3n) is 4.39. The van der Waals surface area contributed by atoms with Crippen molar-refractivity contribution in [2.45, 2.75) is 19.6 Å². The monoisotopic (exact) mass is 377 g/mol. The summed E-state index contributed by atoms with van der Waals surface area (Å²) in [5, 5.41) is 12.5. The van der Waals surface area contributed by atoms with Crippen molar-refractivity contribution in [2.24, 2.45) is 7.05 Å². The van der Waals surface area contributed by atoms with E-state index >= 15 is 0 Å². The van der Waals surface area contributed by atoms with Gasteiger partial charge in [-0.05, 0) is 24.6 Å². The predicted molar refractivity (Wildman–Crippen MR) is 98.1 cm³/mol. The maximum Gasteiger partial charge on any atom is 0.330 e. The molecule has 0 saturated heterocycles. The first-order chi connectivity index (χ1) is 12.7. The third kappa shape index (κ3) is 3.37. The van der Waals surface area contributed by atoms with E-state index in [9.17, 15) is 18.7 Å². The topological polar surface area (TPSA) is 73.6 Å². The van der Waals surface area contributed by atoms with E-state index in [0.29, 0.717) is 35.3 Å². The first kappa shape index (κ1) is 18.8. The first-order valence-corrected chi connectivity index (χ1v) is 8.37. The van der Waals surface area contributed by atoms with Gasteiger partial charge in [-0.1, -0.05) is 12.6 Å². The highest BCUT2D eigenvalue weighted by molar-refractivity contribution is 6.02. The number of aromatic nitrogens is 2. The minimum atomic E-state index is -0.971. The second-order valence-electron chi connectivity index (χ2n) is 6.52. The number of halogens is 2. The zero-order valence-corrected chi connectivity index (χ0v) is 15.3. The molecule has 1 atom stereocenters. The molecule has 1 aliphatic rings. The lowest BCUT2D eigenvalue weighted by atomic mass is 10.1. The zero-order chi connectivity index (χ0) is 19.9. The van der Waals surface area contributed by atoms with Crippen molar-refractivity contribution >= 4 is 23.5 Å². The van der Waals surface area contributed by atoms with Crippen LogP contribution in [0.2, 0.25) is 0 Å². The quantitative estimate of drug-likeness (QED) is 0.840.